The zero-order valence-corrected chi connectivity index (χ0v) is 13.2. The summed E-state index contributed by atoms with van der Waals surface area (Å²) in [5.74, 6) is 1.33. The van der Waals surface area contributed by atoms with Gasteiger partial charge in [0.15, 0.2) is 0 Å². The zero-order valence-electron chi connectivity index (χ0n) is 12.4. The van der Waals surface area contributed by atoms with Crippen LogP contribution < -0.4 is 10.6 Å². The number of amides is 1. The number of hydrogen-bond acceptors (Lipinski definition) is 6. The van der Waals surface area contributed by atoms with Crippen LogP contribution in [0.5, 0.6) is 0 Å². The van der Waals surface area contributed by atoms with E-state index < -0.39 is 0 Å². The molecule has 20 heavy (non-hydrogen) atoms. The Kier molecular flexibility index (Phi) is 4.93. The molecule has 1 aliphatic rings. The third kappa shape index (κ3) is 3.67. The van der Waals surface area contributed by atoms with Crippen molar-refractivity contribution in [3.8, 4) is 0 Å². The molecule has 0 aliphatic carbocycles. The average molecular weight is 297 g/mol. The molecule has 1 saturated heterocycles. The Morgan fingerprint density at radius 2 is 2.00 bits per heavy atom. The summed E-state index contributed by atoms with van der Waals surface area (Å²) in [6, 6.07) is -0.370. The first kappa shape index (κ1) is 15.2. The Morgan fingerprint density at radius 3 is 2.50 bits per heavy atom. The second-order valence-electron chi connectivity index (χ2n) is 5.67. The van der Waals surface area contributed by atoms with Gasteiger partial charge in [0.1, 0.15) is 5.82 Å². The first-order chi connectivity index (χ1) is 9.47. The average Bonchev–Trinajstić information content (AvgIpc) is 2.84. The lowest BCUT2D eigenvalue weighted by molar-refractivity contribution is -0.133. The second-order valence-corrected chi connectivity index (χ2v) is 6.40. The van der Waals surface area contributed by atoms with E-state index in [9.17, 15) is 4.79 Å². The molecule has 1 aromatic heterocycles. The van der Waals surface area contributed by atoms with Crippen LogP contribution >= 0.6 is 11.5 Å². The highest BCUT2D eigenvalue weighted by atomic mass is 32.1. The van der Waals surface area contributed by atoms with Gasteiger partial charge in [-0.15, -0.1) is 0 Å². The van der Waals surface area contributed by atoms with Crippen LogP contribution in [0.3, 0.4) is 0 Å². The molecule has 112 valence electrons. The molecule has 2 N–H and O–H groups in total. The monoisotopic (exact) mass is 297 g/mol. The summed E-state index contributed by atoms with van der Waals surface area (Å²) < 4.78 is 4.20. The van der Waals surface area contributed by atoms with Gasteiger partial charge in [0.05, 0.1) is 6.04 Å². The third-order valence-corrected chi connectivity index (χ3v) is 4.29. The van der Waals surface area contributed by atoms with Crippen molar-refractivity contribution in [3.63, 3.8) is 0 Å². The fourth-order valence-corrected chi connectivity index (χ4v) is 3.10. The number of hydrogen-bond donors (Lipinski definition) is 1. The fourth-order valence-electron chi connectivity index (χ4n) is 2.38. The third-order valence-electron chi connectivity index (χ3n) is 3.42. The molecule has 1 fully saturated rings. The van der Waals surface area contributed by atoms with Gasteiger partial charge in [0.2, 0.25) is 11.0 Å². The highest BCUT2D eigenvalue weighted by Crippen LogP contribution is 2.19. The van der Waals surface area contributed by atoms with Crippen molar-refractivity contribution in [3.05, 3.63) is 5.82 Å². The Bertz CT molecular complexity index is 453. The maximum Gasteiger partial charge on any atom is 0.239 e. The maximum atomic E-state index is 12.2. The summed E-state index contributed by atoms with van der Waals surface area (Å²) in [5, 5.41) is 0.945. The van der Waals surface area contributed by atoms with Crippen molar-refractivity contribution in [2.24, 2.45) is 11.7 Å². The smallest absolute Gasteiger partial charge is 0.239 e. The summed E-state index contributed by atoms with van der Waals surface area (Å²) in [4.78, 5) is 20.7. The lowest BCUT2D eigenvalue weighted by Crippen LogP contribution is -2.53. The van der Waals surface area contributed by atoms with E-state index in [1.54, 1.807) is 0 Å². The van der Waals surface area contributed by atoms with Crippen LogP contribution in [0.4, 0.5) is 5.13 Å². The van der Waals surface area contributed by atoms with Crippen LogP contribution in [0.2, 0.25) is 0 Å². The van der Waals surface area contributed by atoms with Crippen LogP contribution in [0.1, 0.15) is 26.1 Å². The minimum Gasteiger partial charge on any atom is -0.343 e. The van der Waals surface area contributed by atoms with E-state index >= 15 is 0 Å². The molecule has 1 atom stereocenters. The van der Waals surface area contributed by atoms with E-state index in [0.29, 0.717) is 19.0 Å². The van der Waals surface area contributed by atoms with Crippen molar-refractivity contribution in [1.29, 1.82) is 0 Å². The van der Waals surface area contributed by atoms with Crippen molar-refractivity contribution in [2.75, 3.05) is 31.1 Å². The predicted molar refractivity (Wildman–Crippen MR) is 80.9 cm³/mol. The number of rotatable bonds is 4. The molecule has 0 bridgehead atoms. The van der Waals surface area contributed by atoms with E-state index in [2.05, 4.69) is 28.1 Å². The molecule has 1 aromatic rings. The van der Waals surface area contributed by atoms with E-state index in [-0.39, 0.29) is 11.9 Å². The molecular weight excluding hydrogens is 274 g/mol. The maximum absolute atomic E-state index is 12.2. The number of aromatic nitrogens is 2. The second kappa shape index (κ2) is 6.49. The quantitative estimate of drug-likeness (QED) is 0.892. The van der Waals surface area contributed by atoms with Crippen LogP contribution in [0.25, 0.3) is 0 Å². The summed E-state index contributed by atoms with van der Waals surface area (Å²) in [7, 11) is 0. The summed E-state index contributed by atoms with van der Waals surface area (Å²) in [6.45, 7) is 9.09. The van der Waals surface area contributed by atoms with Crippen molar-refractivity contribution in [2.45, 2.75) is 33.2 Å². The number of nitrogens with two attached hydrogens (primary N) is 1. The van der Waals surface area contributed by atoms with Crippen LogP contribution in [0, 0.1) is 12.8 Å². The fraction of sp³-hybridized carbons (Fsp3) is 0.769. The molecule has 6 nitrogen and oxygen atoms in total. The van der Waals surface area contributed by atoms with Gasteiger partial charge in [-0.05, 0) is 19.3 Å². The summed E-state index contributed by atoms with van der Waals surface area (Å²) >= 11 is 1.42. The van der Waals surface area contributed by atoms with Gasteiger partial charge in [-0.1, -0.05) is 13.8 Å². The molecule has 2 heterocycles. The van der Waals surface area contributed by atoms with E-state index in [4.69, 9.17) is 5.73 Å². The molecule has 0 radical (unpaired) electrons. The van der Waals surface area contributed by atoms with Gasteiger partial charge in [0.25, 0.3) is 0 Å². The standard InChI is InChI=1S/C13H23N5OS/c1-9(2)8-11(14)12(19)17-4-6-18(7-5-17)13-15-10(3)16-20-13/h9,11H,4-8,14H2,1-3H3/t11-/m0/s1. The van der Waals surface area contributed by atoms with Gasteiger partial charge < -0.3 is 15.5 Å². The van der Waals surface area contributed by atoms with Gasteiger partial charge in [-0.2, -0.15) is 4.37 Å². The van der Waals surface area contributed by atoms with Crippen LogP contribution in [0.15, 0.2) is 0 Å². The molecular formula is C13H23N5OS. The zero-order chi connectivity index (χ0) is 14.7. The minimum absolute atomic E-state index is 0.0757. The lowest BCUT2D eigenvalue weighted by Gasteiger charge is -2.35. The first-order valence-corrected chi connectivity index (χ1v) is 7.84. The normalized spacial score (nSPS) is 17.6. The first-order valence-electron chi connectivity index (χ1n) is 7.07. The highest BCUT2D eigenvalue weighted by molar-refractivity contribution is 7.09. The molecule has 1 amide bonds. The number of piperazine rings is 1. The van der Waals surface area contributed by atoms with Gasteiger partial charge in [-0.3, -0.25) is 4.79 Å². The van der Waals surface area contributed by atoms with E-state index in [1.165, 1.54) is 11.5 Å². The highest BCUT2D eigenvalue weighted by Gasteiger charge is 2.26. The number of carbonyl (C=O) groups excluding carboxylic acids is 1. The molecule has 0 aromatic carbocycles. The number of carbonyl (C=O) groups is 1. The lowest BCUT2D eigenvalue weighted by atomic mass is 10.0. The van der Waals surface area contributed by atoms with Crippen LogP contribution in [-0.4, -0.2) is 52.4 Å². The molecule has 2 rings (SSSR count). The van der Waals surface area contributed by atoms with Crippen LogP contribution in [-0.2, 0) is 4.79 Å². The Balaban J connectivity index is 1.86. The van der Waals surface area contributed by atoms with Gasteiger partial charge in [-0.25, -0.2) is 4.98 Å². The molecule has 1 aliphatic heterocycles. The predicted octanol–water partition coefficient (Wildman–Crippen LogP) is 0.869. The molecule has 7 heteroatoms. The topological polar surface area (TPSA) is 75.4 Å². The molecule has 0 saturated carbocycles. The summed E-state index contributed by atoms with van der Waals surface area (Å²) in [6.07, 6.45) is 0.745. The van der Waals surface area contributed by atoms with Gasteiger partial charge >= 0.3 is 0 Å². The number of anilines is 1. The minimum atomic E-state index is -0.370. The van der Waals surface area contributed by atoms with Crippen molar-refractivity contribution >= 4 is 22.6 Å². The number of nitrogens with zero attached hydrogens (tertiary/aromatic N) is 4. The largest absolute Gasteiger partial charge is 0.343 e. The van der Waals surface area contributed by atoms with Crippen molar-refractivity contribution in [1.82, 2.24) is 14.3 Å². The SMILES string of the molecule is Cc1nsc(N2CCN(C(=O)[C@@H](N)CC(C)C)CC2)n1. The van der Waals surface area contributed by atoms with Gasteiger partial charge in [0, 0.05) is 37.7 Å². The molecule has 0 spiro atoms. The summed E-state index contributed by atoms with van der Waals surface area (Å²) in [5.41, 5.74) is 5.97. The van der Waals surface area contributed by atoms with E-state index in [1.807, 2.05) is 11.8 Å². The Labute approximate surface area is 124 Å². The molecule has 0 unspecified atom stereocenters. The Hall–Kier alpha value is -1.21. The Morgan fingerprint density at radius 1 is 1.35 bits per heavy atom. The number of aryl methyl sites for hydroxylation is 1. The van der Waals surface area contributed by atoms with Crippen molar-refractivity contribution < 1.29 is 4.79 Å². The van der Waals surface area contributed by atoms with E-state index in [0.717, 1.165) is 30.5 Å².